The van der Waals surface area contributed by atoms with Gasteiger partial charge in [-0.3, -0.25) is 14.2 Å². The smallest absolute Gasteiger partial charge is 0.292 e. The molecule has 0 fully saturated rings. The van der Waals surface area contributed by atoms with E-state index in [2.05, 4.69) is 21.1 Å². The van der Waals surface area contributed by atoms with Gasteiger partial charge in [-0.1, -0.05) is 30.3 Å². The normalized spacial score (nSPS) is 11.2. The minimum absolute atomic E-state index is 0.0801. The summed E-state index contributed by atoms with van der Waals surface area (Å²) in [5, 5.41) is 67.6. The van der Waals surface area contributed by atoms with Crippen molar-refractivity contribution in [3.63, 3.8) is 0 Å². The molecule has 1 aromatic heterocycles. The zero-order valence-electron chi connectivity index (χ0n) is 19.8. The van der Waals surface area contributed by atoms with Gasteiger partial charge in [0, 0.05) is 16.8 Å². The van der Waals surface area contributed by atoms with Crippen LogP contribution in [-0.2, 0) is 0 Å². The lowest BCUT2D eigenvalue weighted by Gasteiger charge is -2.11. The third kappa shape index (κ3) is 5.27. The lowest BCUT2D eigenvalue weighted by molar-refractivity contribution is 0.0942. The maximum Gasteiger partial charge on any atom is 0.292 e. The third-order valence-electron chi connectivity index (χ3n) is 5.40. The quantitative estimate of drug-likeness (QED) is 0.100. The van der Waals surface area contributed by atoms with Gasteiger partial charge in [-0.05, 0) is 36.4 Å². The molecule has 3 aromatic carbocycles. The summed E-state index contributed by atoms with van der Waals surface area (Å²) in [7, 11) is 0. The fourth-order valence-electron chi connectivity index (χ4n) is 3.53. The molecule has 0 aliphatic rings. The van der Waals surface area contributed by atoms with Gasteiger partial charge < -0.3 is 30.6 Å². The highest BCUT2D eigenvalue weighted by atomic mass is 16.3. The van der Waals surface area contributed by atoms with Crippen molar-refractivity contribution in [1.29, 1.82) is 0 Å². The Morgan fingerprint density at radius 1 is 0.590 bits per heavy atom. The van der Waals surface area contributed by atoms with Crippen LogP contribution in [0.15, 0.2) is 76.9 Å². The average molecular weight is 531 g/mol. The number of nitrogens with one attached hydrogen (secondary N) is 2. The highest BCUT2D eigenvalue weighted by Gasteiger charge is 2.31. The lowest BCUT2D eigenvalue weighted by atomic mass is 10.2. The Bertz CT molecular complexity index is 1510. The highest BCUT2D eigenvalue weighted by molar-refractivity contribution is 6.04. The molecule has 0 radical (unpaired) electrons. The topological polar surface area (TPSA) is 209 Å². The van der Waals surface area contributed by atoms with E-state index in [-0.39, 0.29) is 16.8 Å². The average Bonchev–Trinajstić information content (AvgIpc) is 3.19. The van der Waals surface area contributed by atoms with E-state index in [1.165, 1.54) is 48.5 Å². The number of benzene rings is 3. The van der Waals surface area contributed by atoms with Crippen LogP contribution in [-0.4, -0.2) is 59.4 Å². The summed E-state index contributed by atoms with van der Waals surface area (Å²) in [5.41, 5.74) is 3.55. The molecule has 1 heterocycles. The van der Waals surface area contributed by atoms with Crippen LogP contribution in [0.4, 0.5) is 0 Å². The standard InChI is InChI=1S/C26H21N5O8/c32-17-10-4-6-14(21(17)34)12-27-29-25(38)19-23(36)24(37)20(31(19)16-8-2-1-3-9-16)26(39)30-28-13-15-7-5-11-18(33)22(15)35/h1-13,32-37H,(H,29,38)(H,30,39)/b27-12+,28-13+. The summed E-state index contributed by atoms with van der Waals surface area (Å²) >= 11 is 0. The first kappa shape index (κ1) is 26.1. The Kier molecular flexibility index (Phi) is 7.33. The molecule has 0 saturated heterocycles. The van der Waals surface area contributed by atoms with E-state index in [0.29, 0.717) is 0 Å². The van der Waals surface area contributed by atoms with Crippen molar-refractivity contribution in [2.45, 2.75) is 0 Å². The summed E-state index contributed by atoms with van der Waals surface area (Å²) in [4.78, 5) is 26.0. The molecule has 13 heteroatoms. The molecular weight excluding hydrogens is 510 g/mol. The number of rotatable bonds is 7. The van der Waals surface area contributed by atoms with E-state index in [9.17, 15) is 40.2 Å². The van der Waals surface area contributed by atoms with E-state index in [1.54, 1.807) is 18.2 Å². The number of aromatic hydroxyl groups is 6. The Balaban J connectivity index is 1.68. The van der Waals surface area contributed by atoms with Gasteiger partial charge in [0.15, 0.2) is 45.9 Å². The van der Waals surface area contributed by atoms with Gasteiger partial charge in [0.25, 0.3) is 11.8 Å². The molecule has 4 aromatic rings. The number of hydrogen-bond acceptors (Lipinski definition) is 10. The molecule has 0 spiro atoms. The fraction of sp³-hybridized carbons (Fsp3) is 0. The number of hydrazone groups is 2. The van der Waals surface area contributed by atoms with E-state index < -0.39 is 57.7 Å². The minimum Gasteiger partial charge on any atom is -0.504 e. The minimum atomic E-state index is -1.03. The second-order valence-electron chi connectivity index (χ2n) is 7.89. The van der Waals surface area contributed by atoms with Crippen LogP contribution in [0.25, 0.3) is 5.69 Å². The lowest BCUT2D eigenvalue weighted by Crippen LogP contribution is -2.25. The number of amides is 2. The monoisotopic (exact) mass is 531 g/mol. The van der Waals surface area contributed by atoms with Gasteiger partial charge in [0.2, 0.25) is 0 Å². The number of carbonyl (C=O) groups is 2. The number of phenolic OH excluding ortho intramolecular Hbond substituents is 4. The van der Waals surface area contributed by atoms with Crippen molar-refractivity contribution in [2.24, 2.45) is 10.2 Å². The predicted molar refractivity (Wildman–Crippen MR) is 139 cm³/mol. The van der Waals surface area contributed by atoms with Crippen molar-refractivity contribution in [3.8, 4) is 40.2 Å². The van der Waals surface area contributed by atoms with Crippen LogP contribution < -0.4 is 10.9 Å². The van der Waals surface area contributed by atoms with Crippen LogP contribution in [0.1, 0.15) is 32.1 Å². The third-order valence-corrected chi connectivity index (χ3v) is 5.40. The maximum atomic E-state index is 13.0. The molecule has 0 aliphatic carbocycles. The van der Waals surface area contributed by atoms with Crippen LogP contribution in [0, 0.1) is 0 Å². The van der Waals surface area contributed by atoms with Crippen molar-refractivity contribution in [2.75, 3.05) is 0 Å². The van der Waals surface area contributed by atoms with Crippen LogP contribution in [0.2, 0.25) is 0 Å². The molecule has 39 heavy (non-hydrogen) atoms. The summed E-state index contributed by atoms with van der Waals surface area (Å²) in [6.07, 6.45) is 2.08. The molecule has 2 amide bonds. The Labute approximate surface area is 219 Å². The Morgan fingerprint density at radius 3 is 1.46 bits per heavy atom. The number of nitrogens with zero attached hydrogens (tertiary/aromatic N) is 3. The zero-order chi connectivity index (χ0) is 28.1. The van der Waals surface area contributed by atoms with E-state index in [1.807, 2.05) is 0 Å². The van der Waals surface area contributed by atoms with E-state index in [4.69, 9.17) is 0 Å². The number of aromatic nitrogens is 1. The van der Waals surface area contributed by atoms with Gasteiger partial charge in [0.05, 0.1) is 12.4 Å². The summed E-state index contributed by atoms with van der Waals surface area (Å²) in [6, 6.07) is 16.1. The summed E-state index contributed by atoms with van der Waals surface area (Å²) in [5.74, 6) is -5.65. The number of phenols is 4. The highest BCUT2D eigenvalue weighted by Crippen LogP contribution is 2.38. The fourth-order valence-corrected chi connectivity index (χ4v) is 3.53. The molecule has 0 bridgehead atoms. The second-order valence-corrected chi connectivity index (χ2v) is 7.89. The molecule has 0 saturated carbocycles. The molecule has 198 valence electrons. The molecular formula is C26H21N5O8. The molecule has 4 rings (SSSR count). The summed E-state index contributed by atoms with van der Waals surface area (Å²) in [6.45, 7) is 0. The van der Waals surface area contributed by atoms with Gasteiger partial charge >= 0.3 is 0 Å². The van der Waals surface area contributed by atoms with Gasteiger partial charge in [-0.15, -0.1) is 0 Å². The largest absolute Gasteiger partial charge is 0.504 e. The first-order chi connectivity index (χ1) is 18.7. The zero-order valence-corrected chi connectivity index (χ0v) is 19.8. The Morgan fingerprint density at radius 2 is 1.03 bits per heavy atom. The Hall–Kier alpha value is -5.98. The van der Waals surface area contributed by atoms with Gasteiger partial charge in [-0.2, -0.15) is 10.2 Å². The number of para-hydroxylation sites is 3. The predicted octanol–water partition coefficient (Wildman–Crippen LogP) is 2.24. The number of carbonyl (C=O) groups excluding carboxylic acids is 2. The van der Waals surface area contributed by atoms with Crippen molar-refractivity contribution in [3.05, 3.63) is 89.2 Å². The molecule has 0 aliphatic heterocycles. The van der Waals surface area contributed by atoms with Gasteiger partial charge in [-0.25, -0.2) is 10.9 Å². The molecule has 0 atom stereocenters. The van der Waals surface area contributed by atoms with Crippen LogP contribution in [0.3, 0.4) is 0 Å². The SMILES string of the molecule is O=C(N/N=C/c1cccc(O)c1O)c1c(O)c(O)c(C(=O)N/N=C/c2cccc(O)c2O)n1-c1ccccc1. The first-order valence-corrected chi connectivity index (χ1v) is 11.1. The maximum absolute atomic E-state index is 13.0. The molecule has 8 N–H and O–H groups in total. The van der Waals surface area contributed by atoms with Crippen LogP contribution >= 0.6 is 0 Å². The number of hydrogen-bond donors (Lipinski definition) is 8. The van der Waals surface area contributed by atoms with Crippen molar-refractivity contribution < 1.29 is 40.2 Å². The summed E-state index contributed by atoms with van der Waals surface area (Å²) < 4.78 is 0.984. The van der Waals surface area contributed by atoms with Crippen LogP contribution in [0.5, 0.6) is 34.5 Å². The molecule has 0 unspecified atom stereocenters. The first-order valence-electron chi connectivity index (χ1n) is 11.1. The van der Waals surface area contributed by atoms with Crippen molar-refractivity contribution >= 4 is 24.2 Å². The van der Waals surface area contributed by atoms with E-state index in [0.717, 1.165) is 17.0 Å². The van der Waals surface area contributed by atoms with E-state index >= 15 is 0 Å². The second kappa shape index (κ2) is 11.0. The van der Waals surface area contributed by atoms with Gasteiger partial charge in [0.1, 0.15) is 0 Å². The molecule has 13 nitrogen and oxygen atoms in total. The van der Waals surface area contributed by atoms with Crippen molar-refractivity contribution in [1.82, 2.24) is 15.4 Å².